The molecule has 1 aliphatic rings. The Labute approximate surface area is 151 Å². The van der Waals surface area contributed by atoms with Crippen LogP contribution in [-0.4, -0.2) is 28.1 Å². The van der Waals surface area contributed by atoms with Gasteiger partial charge < -0.3 is 4.52 Å². The number of nitrogens with zero attached hydrogens (tertiary/aromatic N) is 3. The van der Waals surface area contributed by atoms with Crippen molar-refractivity contribution in [3.05, 3.63) is 47.6 Å². The third-order valence-corrected chi connectivity index (χ3v) is 5.08. The van der Waals surface area contributed by atoms with E-state index in [0.29, 0.717) is 6.04 Å². The Morgan fingerprint density at radius 2 is 2.00 bits per heavy atom. The first-order valence-electron chi connectivity index (χ1n) is 9.83. The standard InChI is InChI=1S/C21H31N3O/c1-17(2)14-16-24-15-7-6-12-19(24)21-22-20(23-25-21)13-8-11-18-9-4-3-5-10-18/h3-5,9-10,17,19H,6-8,11-16H2,1-2H3/t19-/m0/s1. The average molecular weight is 341 g/mol. The van der Waals surface area contributed by atoms with Crippen LogP contribution in [0.3, 0.4) is 0 Å². The molecule has 1 aromatic carbocycles. The number of aryl methyl sites for hydroxylation is 2. The van der Waals surface area contributed by atoms with Crippen LogP contribution >= 0.6 is 0 Å². The summed E-state index contributed by atoms with van der Waals surface area (Å²) in [7, 11) is 0. The van der Waals surface area contributed by atoms with Crippen LogP contribution < -0.4 is 0 Å². The molecule has 0 aliphatic carbocycles. The molecule has 0 amide bonds. The summed E-state index contributed by atoms with van der Waals surface area (Å²) in [5, 5.41) is 4.24. The first-order valence-corrected chi connectivity index (χ1v) is 9.83. The van der Waals surface area contributed by atoms with Crippen LogP contribution in [0.15, 0.2) is 34.9 Å². The van der Waals surface area contributed by atoms with Crippen LogP contribution in [0.1, 0.15) is 69.3 Å². The molecule has 1 saturated heterocycles. The summed E-state index contributed by atoms with van der Waals surface area (Å²) < 4.78 is 5.64. The molecule has 1 fully saturated rings. The monoisotopic (exact) mass is 341 g/mol. The highest BCUT2D eigenvalue weighted by Gasteiger charge is 2.28. The summed E-state index contributed by atoms with van der Waals surface area (Å²) in [5.41, 5.74) is 1.37. The molecule has 2 aromatic rings. The van der Waals surface area contributed by atoms with Crippen LogP contribution in [0.25, 0.3) is 0 Å². The van der Waals surface area contributed by atoms with Crippen molar-refractivity contribution < 1.29 is 4.52 Å². The van der Waals surface area contributed by atoms with Crippen molar-refractivity contribution in [2.45, 2.75) is 64.8 Å². The Bertz CT molecular complexity index is 623. The lowest BCUT2D eigenvalue weighted by Crippen LogP contribution is -2.34. The van der Waals surface area contributed by atoms with E-state index in [-0.39, 0.29) is 0 Å². The molecule has 0 radical (unpaired) electrons. The fourth-order valence-electron chi connectivity index (χ4n) is 3.56. The Hall–Kier alpha value is -1.68. The molecule has 0 saturated carbocycles. The second-order valence-electron chi connectivity index (χ2n) is 7.62. The van der Waals surface area contributed by atoms with Gasteiger partial charge in [0.05, 0.1) is 6.04 Å². The van der Waals surface area contributed by atoms with Crippen LogP contribution in [0.4, 0.5) is 0 Å². The Morgan fingerprint density at radius 1 is 1.16 bits per heavy atom. The molecular formula is C21H31N3O. The quantitative estimate of drug-likeness (QED) is 0.690. The van der Waals surface area contributed by atoms with E-state index in [1.807, 2.05) is 0 Å². The van der Waals surface area contributed by atoms with Gasteiger partial charge >= 0.3 is 0 Å². The van der Waals surface area contributed by atoms with Gasteiger partial charge in [-0.3, -0.25) is 4.90 Å². The smallest absolute Gasteiger partial charge is 0.243 e. The molecule has 4 nitrogen and oxygen atoms in total. The molecule has 3 rings (SSSR count). The third-order valence-electron chi connectivity index (χ3n) is 5.08. The minimum Gasteiger partial charge on any atom is -0.338 e. The Kier molecular flexibility index (Phi) is 6.62. The summed E-state index contributed by atoms with van der Waals surface area (Å²) in [4.78, 5) is 7.27. The first-order chi connectivity index (χ1) is 12.2. The second kappa shape index (κ2) is 9.14. The molecule has 1 aromatic heterocycles. The molecule has 0 unspecified atom stereocenters. The van der Waals surface area contributed by atoms with Gasteiger partial charge in [-0.15, -0.1) is 0 Å². The molecule has 25 heavy (non-hydrogen) atoms. The molecule has 2 heterocycles. The zero-order chi connectivity index (χ0) is 17.5. The number of benzene rings is 1. The van der Waals surface area contributed by atoms with E-state index in [1.54, 1.807) is 0 Å². The van der Waals surface area contributed by atoms with E-state index < -0.39 is 0 Å². The predicted molar refractivity (Wildman–Crippen MR) is 100 cm³/mol. The van der Waals surface area contributed by atoms with E-state index in [9.17, 15) is 0 Å². The summed E-state index contributed by atoms with van der Waals surface area (Å²) in [5.74, 6) is 2.43. The van der Waals surface area contributed by atoms with Gasteiger partial charge in [0.25, 0.3) is 0 Å². The third kappa shape index (κ3) is 5.40. The number of rotatable bonds is 8. The Balaban J connectivity index is 1.53. The van der Waals surface area contributed by atoms with E-state index in [2.05, 4.69) is 54.2 Å². The van der Waals surface area contributed by atoms with E-state index in [4.69, 9.17) is 9.51 Å². The number of aromatic nitrogens is 2. The van der Waals surface area contributed by atoms with Gasteiger partial charge in [-0.2, -0.15) is 4.98 Å². The van der Waals surface area contributed by atoms with E-state index in [1.165, 1.54) is 24.8 Å². The predicted octanol–water partition coefficient (Wildman–Crippen LogP) is 4.82. The number of piperidine rings is 1. The first kappa shape index (κ1) is 18.1. The van der Waals surface area contributed by atoms with E-state index >= 15 is 0 Å². The molecule has 1 atom stereocenters. The van der Waals surface area contributed by atoms with Crippen molar-refractivity contribution in [3.63, 3.8) is 0 Å². The minimum atomic E-state index is 0.322. The molecule has 1 aliphatic heterocycles. The molecular weight excluding hydrogens is 310 g/mol. The van der Waals surface area contributed by atoms with Gasteiger partial charge in [-0.05, 0) is 56.7 Å². The molecule has 0 spiro atoms. The van der Waals surface area contributed by atoms with Crippen molar-refractivity contribution in [3.8, 4) is 0 Å². The van der Waals surface area contributed by atoms with Crippen molar-refractivity contribution in [1.29, 1.82) is 0 Å². The molecule has 136 valence electrons. The normalized spacial score (nSPS) is 18.8. The van der Waals surface area contributed by atoms with Gasteiger partial charge in [-0.1, -0.05) is 55.8 Å². The van der Waals surface area contributed by atoms with Crippen molar-refractivity contribution in [2.75, 3.05) is 13.1 Å². The van der Waals surface area contributed by atoms with Crippen LogP contribution in [0.5, 0.6) is 0 Å². The fraction of sp³-hybridized carbons (Fsp3) is 0.619. The van der Waals surface area contributed by atoms with Crippen LogP contribution in [0, 0.1) is 5.92 Å². The summed E-state index contributed by atoms with van der Waals surface area (Å²) in [6.45, 7) is 6.87. The summed E-state index contributed by atoms with van der Waals surface area (Å²) >= 11 is 0. The number of hydrogen-bond donors (Lipinski definition) is 0. The maximum Gasteiger partial charge on any atom is 0.243 e. The van der Waals surface area contributed by atoms with E-state index in [0.717, 1.165) is 56.4 Å². The highest BCUT2D eigenvalue weighted by Crippen LogP contribution is 2.30. The molecule has 0 bridgehead atoms. The van der Waals surface area contributed by atoms with Gasteiger partial charge in [-0.25, -0.2) is 0 Å². The fourth-order valence-corrected chi connectivity index (χ4v) is 3.56. The topological polar surface area (TPSA) is 42.2 Å². The van der Waals surface area contributed by atoms with Crippen LogP contribution in [-0.2, 0) is 12.8 Å². The SMILES string of the molecule is CC(C)CCN1CCCC[C@H]1c1nc(CCCc2ccccc2)no1. The lowest BCUT2D eigenvalue weighted by Gasteiger charge is -2.33. The number of hydrogen-bond acceptors (Lipinski definition) is 4. The van der Waals surface area contributed by atoms with Gasteiger partial charge in [0.1, 0.15) is 0 Å². The largest absolute Gasteiger partial charge is 0.338 e. The highest BCUT2D eigenvalue weighted by molar-refractivity contribution is 5.14. The highest BCUT2D eigenvalue weighted by atomic mass is 16.5. The van der Waals surface area contributed by atoms with Crippen LogP contribution in [0.2, 0.25) is 0 Å². The van der Waals surface area contributed by atoms with Crippen molar-refractivity contribution in [2.24, 2.45) is 5.92 Å². The average Bonchev–Trinajstić information content (AvgIpc) is 3.10. The molecule has 0 N–H and O–H groups in total. The zero-order valence-corrected chi connectivity index (χ0v) is 15.7. The zero-order valence-electron chi connectivity index (χ0n) is 15.7. The number of likely N-dealkylation sites (tertiary alicyclic amines) is 1. The second-order valence-corrected chi connectivity index (χ2v) is 7.62. The van der Waals surface area contributed by atoms with Gasteiger partial charge in [0.2, 0.25) is 5.89 Å². The maximum atomic E-state index is 5.64. The van der Waals surface area contributed by atoms with Crippen molar-refractivity contribution in [1.82, 2.24) is 15.0 Å². The summed E-state index contributed by atoms with van der Waals surface area (Å²) in [6.07, 6.45) is 7.93. The lowest BCUT2D eigenvalue weighted by molar-refractivity contribution is 0.113. The van der Waals surface area contributed by atoms with Gasteiger partial charge in [0, 0.05) is 6.42 Å². The molecule has 4 heteroatoms. The van der Waals surface area contributed by atoms with Gasteiger partial charge in [0.15, 0.2) is 5.82 Å². The minimum absolute atomic E-state index is 0.322. The maximum absolute atomic E-state index is 5.64. The van der Waals surface area contributed by atoms with Crippen molar-refractivity contribution >= 4 is 0 Å². The Morgan fingerprint density at radius 3 is 2.80 bits per heavy atom. The summed E-state index contributed by atoms with van der Waals surface area (Å²) in [6, 6.07) is 10.9. The lowest BCUT2D eigenvalue weighted by atomic mass is 10.0.